The van der Waals surface area contributed by atoms with Gasteiger partial charge in [-0.05, 0) is 17.7 Å². The van der Waals surface area contributed by atoms with Gasteiger partial charge in [0, 0.05) is 11.5 Å². The monoisotopic (exact) mass is 241 g/mol. The molecule has 0 bridgehead atoms. The molecule has 2 heterocycles. The van der Waals surface area contributed by atoms with Crippen LogP contribution in [0.15, 0.2) is 24.4 Å². The molecule has 0 fully saturated rings. The molecule has 0 amide bonds. The maximum atomic E-state index is 5.83. The van der Waals surface area contributed by atoms with Gasteiger partial charge in [0.2, 0.25) is 0 Å². The molecule has 5 nitrogen and oxygen atoms in total. The first-order chi connectivity index (χ1) is 8.65. The van der Waals surface area contributed by atoms with Crippen LogP contribution >= 0.6 is 0 Å². The average Bonchev–Trinajstić information content (AvgIpc) is 2.93. The number of aromatic nitrogens is 4. The number of hydrogen-bond acceptors (Lipinski definition) is 3. The summed E-state index contributed by atoms with van der Waals surface area (Å²) in [6.07, 6.45) is 1.73. The van der Waals surface area contributed by atoms with Crippen molar-refractivity contribution in [2.24, 2.45) is 0 Å². The van der Waals surface area contributed by atoms with Crippen molar-refractivity contribution in [1.29, 1.82) is 0 Å². The highest BCUT2D eigenvalue weighted by Gasteiger charge is 2.09. The van der Waals surface area contributed by atoms with E-state index in [1.54, 1.807) is 6.20 Å². The molecule has 0 aliphatic rings. The Morgan fingerprint density at radius 2 is 2.11 bits per heavy atom. The predicted octanol–water partition coefficient (Wildman–Crippen LogP) is 2.66. The lowest BCUT2D eigenvalue weighted by atomic mass is 10.1. The lowest BCUT2D eigenvalue weighted by Gasteiger charge is -1.98. The molecular weight excluding hydrogens is 226 g/mol. The summed E-state index contributed by atoms with van der Waals surface area (Å²) >= 11 is 0. The topological polar surface area (TPSA) is 83.4 Å². The fraction of sp³-hybridized carbons (Fsp3) is 0.231. The standard InChI is InChI=1S/C13H15N5/c1-7(2)13-16-10-4-3-8(5-11(10)17-13)9-6-15-18-12(9)14/h3-7H,1-2H3,(H,16,17)(H3,14,15,18). The second-order valence-corrected chi connectivity index (χ2v) is 4.71. The van der Waals surface area contributed by atoms with E-state index in [9.17, 15) is 0 Å². The van der Waals surface area contributed by atoms with Crippen LogP contribution in [0, 0.1) is 0 Å². The van der Waals surface area contributed by atoms with Gasteiger partial charge in [-0.3, -0.25) is 5.10 Å². The highest BCUT2D eigenvalue weighted by molar-refractivity contribution is 5.84. The summed E-state index contributed by atoms with van der Waals surface area (Å²) in [4.78, 5) is 7.88. The molecule has 0 aliphatic carbocycles. The summed E-state index contributed by atoms with van der Waals surface area (Å²) < 4.78 is 0. The average molecular weight is 241 g/mol. The van der Waals surface area contributed by atoms with Crippen molar-refractivity contribution >= 4 is 16.9 Å². The van der Waals surface area contributed by atoms with Crippen molar-refractivity contribution in [3.05, 3.63) is 30.2 Å². The lowest BCUT2D eigenvalue weighted by molar-refractivity contribution is 0.799. The van der Waals surface area contributed by atoms with E-state index in [-0.39, 0.29) is 0 Å². The molecule has 18 heavy (non-hydrogen) atoms. The molecule has 0 radical (unpaired) electrons. The Morgan fingerprint density at radius 3 is 2.78 bits per heavy atom. The van der Waals surface area contributed by atoms with E-state index in [0.29, 0.717) is 11.7 Å². The molecule has 0 saturated heterocycles. The molecule has 3 rings (SSSR count). The molecule has 0 unspecified atom stereocenters. The zero-order chi connectivity index (χ0) is 12.7. The number of benzene rings is 1. The largest absolute Gasteiger partial charge is 0.384 e. The quantitative estimate of drug-likeness (QED) is 0.645. The normalized spacial score (nSPS) is 11.5. The van der Waals surface area contributed by atoms with Crippen LogP contribution in [0.3, 0.4) is 0 Å². The fourth-order valence-corrected chi connectivity index (χ4v) is 2.00. The predicted molar refractivity (Wildman–Crippen MR) is 72.2 cm³/mol. The van der Waals surface area contributed by atoms with Crippen LogP contribution in [0.4, 0.5) is 5.82 Å². The van der Waals surface area contributed by atoms with E-state index >= 15 is 0 Å². The molecule has 2 aromatic heterocycles. The van der Waals surface area contributed by atoms with Gasteiger partial charge in [0.25, 0.3) is 0 Å². The second-order valence-electron chi connectivity index (χ2n) is 4.71. The summed E-state index contributed by atoms with van der Waals surface area (Å²) in [5.41, 5.74) is 9.78. The zero-order valence-electron chi connectivity index (χ0n) is 10.4. The number of anilines is 1. The van der Waals surface area contributed by atoms with Crippen molar-refractivity contribution in [2.45, 2.75) is 19.8 Å². The number of hydrogen-bond donors (Lipinski definition) is 3. The van der Waals surface area contributed by atoms with Gasteiger partial charge in [0.1, 0.15) is 11.6 Å². The maximum Gasteiger partial charge on any atom is 0.126 e. The molecule has 1 aromatic carbocycles. The third-order valence-corrected chi connectivity index (χ3v) is 3.03. The number of nitrogen functional groups attached to an aromatic ring is 1. The Kier molecular flexibility index (Phi) is 2.33. The van der Waals surface area contributed by atoms with Crippen LogP contribution in [0.5, 0.6) is 0 Å². The molecule has 0 aliphatic heterocycles. The second kappa shape index (κ2) is 3.87. The van der Waals surface area contributed by atoms with E-state index in [4.69, 9.17) is 5.73 Å². The first kappa shape index (κ1) is 10.8. The van der Waals surface area contributed by atoms with Crippen LogP contribution in [-0.2, 0) is 0 Å². The first-order valence-corrected chi connectivity index (χ1v) is 5.94. The zero-order valence-corrected chi connectivity index (χ0v) is 10.4. The SMILES string of the molecule is CC(C)c1nc2ccc(-c3cn[nH]c3N)cc2[nH]1. The molecule has 4 N–H and O–H groups in total. The Bertz CT molecular complexity index is 692. The van der Waals surface area contributed by atoms with Crippen LogP contribution < -0.4 is 5.73 Å². The van der Waals surface area contributed by atoms with Crippen molar-refractivity contribution < 1.29 is 0 Å². The molecule has 3 aromatic rings. The number of nitrogens with zero attached hydrogens (tertiary/aromatic N) is 2. The summed E-state index contributed by atoms with van der Waals surface area (Å²) in [7, 11) is 0. The summed E-state index contributed by atoms with van der Waals surface area (Å²) in [5, 5.41) is 6.68. The van der Waals surface area contributed by atoms with E-state index in [1.807, 2.05) is 12.1 Å². The fourth-order valence-electron chi connectivity index (χ4n) is 2.00. The van der Waals surface area contributed by atoms with Crippen LogP contribution in [0.25, 0.3) is 22.2 Å². The summed E-state index contributed by atoms with van der Waals surface area (Å²) in [6, 6.07) is 6.06. The molecule has 0 saturated carbocycles. The molecule has 92 valence electrons. The first-order valence-electron chi connectivity index (χ1n) is 5.94. The smallest absolute Gasteiger partial charge is 0.126 e. The van der Waals surface area contributed by atoms with Gasteiger partial charge in [-0.25, -0.2) is 4.98 Å². The van der Waals surface area contributed by atoms with Crippen LogP contribution in [0.1, 0.15) is 25.6 Å². The minimum absolute atomic E-state index is 0.389. The van der Waals surface area contributed by atoms with E-state index < -0.39 is 0 Å². The molecule has 5 heteroatoms. The lowest BCUT2D eigenvalue weighted by Crippen LogP contribution is -1.88. The number of H-pyrrole nitrogens is 2. The van der Waals surface area contributed by atoms with Gasteiger partial charge >= 0.3 is 0 Å². The number of fused-ring (bicyclic) bond motifs is 1. The highest BCUT2D eigenvalue weighted by Crippen LogP contribution is 2.27. The van der Waals surface area contributed by atoms with Crippen molar-refractivity contribution in [3.8, 4) is 11.1 Å². The minimum atomic E-state index is 0.389. The van der Waals surface area contributed by atoms with Crippen molar-refractivity contribution in [3.63, 3.8) is 0 Å². The summed E-state index contributed by atoms with van der Waals surface area (Å²) in [5.74, 6) is 1.97. The third kappa shape index (κ3) is 1.64. The van der Waals surface area contributed by atoms with E-state index in [0.717, 1.165) is 28.0 Å². The molecular formula is C13H15N5. The highest BCUT2D eigenvalue weighted by atomic mass is 15.1. The van der Waals surface area contributed by atoms with Crippen LogP contribution in [0.2, 0.25) is 0 Å². The van der Waals surface area contributed by atoms with Gasteiger partial charge in [-0.15, -0.1) is 0 Å². The van der Waals surface area contributed by atoms with Gasteiger partial charge in [0.15, 0.2) is 0 Å². The van der Waals surface area contributed by atoms with Crippen molar-refractivity contribution in [2.75, 3.05) is 5.73 Å². The third-order valence-electron chi connectivity index (χ3n) is 3.03. The Morgan fingerprint density at radius 1 is 1.28 bits per heavy atom. The van der Waals surface area contributed by atoms with Crippen molar-refractivity contribution in [1.82, 2.24) is 20.2 Å². The Labute approximate surface area is 104 Å². The van der Waals surface area contributed by atoms with Gasteiger partial charge in [-0.1, -0.05) is 19.9 Å². The van der Waals surface area contributed by atoms with Crippen LogP contribution in [-0.4, -0.2) is 20.2 Å². The number of imidazole rings is 1. The number of aromatic amines is 2. The van der Waals surface area contributed by atoms with Gasteiger partial charge in [0.05, 0.1) is 17.2 Å². The Balaban J connectivity index is 2.14. The number of rotatable bonds is 2. The van der Waals surface area contributed by atoms with E-state index in [1.165, 1.54) is 0 Å². The summed E-state index contributed by atoms with van der Waals surface area (Å²) in [6.45, 7) is 4.24. The molecule has 0 atom stereocenters. The van der Waals surface area contributed by atoms with E-state index in [2.05, 4.69) is 40.1 Å². The number of nitrogens with two attached hydrogens (primary N) is 1. The van der Waals surface area contributed by atoms with Gasteiger partial charge < -0.3 is 10.7 Å². The maximum absolute atomic E-state index is 5.83. The molecule has 0 spiro atoms. The number of nitrogens with one attached hydrogen (secondary N) is 2. The minimum Gasteiger partial charge on any atom is -0.384 e. The van der Waals surface area contributed by atoms with Gasteiger partial charge in [-0.2, -0.15) is 5.10 Å². The Hall–Kier alpha value is -2.30.